The number of nitrogens with two attached hydrogens (primary N) is 1. The predicted molar refractivity (Wildman–Crippen MR) is 58.5 cm³/mol. The maximum Gasteiger partial charge on any atom is 0.387 e. The Kier molecular flexibility index (Phi) is 3.01. The SMILES string of the molecule is NCc1ccc2cc(OC(F)F)ccc2c1. The maximum absolute atomic E-state index is 12.0. The lowest BCUT2D eigenvalue weighted by atomic mass is 10.1. The highest BCUT2D eigenvalue weighted by molar-refractivity contribution is 5.84. The van der Waals surface area contributed by atoms with E-state index in [9.17, 15) is 8.78 Å². The molecule has 0 aliphatic carbocycles. The summed E-state index contributed by atoms with van der Waals surface area (Å²) in [7, 11) is 0. The number of benzene rings is 2. The number of fused-ring (bicyclic) bond motifs is 1. The van der Waals surface area contributed by atoms with Gasteiger partial charge in [0.15, 0.2) is 0 Å². The molecule has 2 rings (SSSR count). The second-order valence-corrected chi connectivity index (χ2v) is 3.43. The molecule has 0 bridgehead atoms. The topological polar surface area (TPSA) is 35.2 Å². The van der Waals surface area contributed by atoms with Crippen molar-refractivity contribution in [3.63, 3.8) is 0 Å². The van der Waals surface area contributed by atoms with Gasteiger partial charge in [0.05, 0.1) is 0 Å². The van der Waals surface area contributed by atoms with Gasteiger partial charge < -0.3 is 10.5 Å². The first-order valence-corrected chi connectivity index (χ1v) is 4.86. The van der Waals surface area contributed by atoms with E-state index in [-0.39, 0.29) is 5.75 Å². The molecule has 0 aromatic heterocycles. The lowest BCUT2D eigenvalue weighted by Gasteiger charge is -2.06. The fourth-order valence-corrected chi connectivity index (χ4v) is 1.58. The highest BCUT2D eigenvalue weighted by atomic mass is 19.3. The minimum absolute atomic E-state index is 0.169. The predicted octanol–water partition coefficient (Wildman–Crippen LogP) is 2.90. The summed E-state index contributed by atoms with van der Waals surface area (Å²) in [5, 5.41) is 1.82. The molecule has 0 atom stereocenters. The third-order valence-electron chi connectivity index (χ3n) is 2.34. The van der Waals surface area contributed by atoms with Crippen molar-refractivity contribution in [1.82, 2.24) is 0 Å². The van der Waals surface area contributed by atoms with Crippen LogP contribution in [0, 0.1) is 0 Å². The average molecular weight is 223 g/mol. The van der Waals surface area contributed by atoms with E-state index in [0.29, 0.717) is 6.54 Å². The zero-order valence-corrected chi connectivity index (χ0v) is 8.49. The average Bonchev–Trinajstić information content (AvgIpc) is 2.27. The Morgan fingerprint density at radius 3 is 2.44 bits per heavy atom. The highest BCUT2D eigenvalue weighted by Crippen LogP contribution is 2.23. The van der Waals surface area contributed by atoms with E-state index < -0.39 is 6.61 Å². The molecule has 2 aromatic rings. The fourth-order valence-electron chi connectivity index (χ4n) is 1.58. The molecule has 4 heteroatoms. The summed E-state index contributed by atoms with van der Waals surface area (Å²) in [4.78, 5) is 0. The Balaban J connectivity index is 2.39. The Morgan fingerprint density at radius 1 is 1.06 bits per heavy atom. The van der Waals surface area contributed by atoms with Crippen LogP contribution in [0.15, 0.2) is 36.4 Å². The third kappa shape index (κ3) is 2.28. The van der Waals surface area contributed by atoms with Crippen LogP contribution in [-0.2, 0) is 6.54 Å². The Hall–Kier alpha value is -1.68. The van der Waals surface area contributed by atoms with Crippen LogP contribution in [0.3, 0.4) is 0 Å². The standard InChI is InChI=1S/C12H11F2NO/c13-12(14)16-11-4-3-9-5-8(7-15)1-2-10(9)6-11/h1-6,12H,7,15H2. The number of hydrogen-bond donors (Lipinski definition) is 1. The molecule has 0 fully saturated rings. The summed E-state index contributed by atoms with van der Waals surface area (Å²) in [5.74, 6) is 0.169. The summed E-state index contributed by atoms with van der Waals surface area (Å²) in [6, 6.07) is 10.5. The fraction of sp³-hybridized carbons (Fsp3) is 0.167. The number of hydrogen-bond acceptors (Lipinski definition) is 2. The highest BCUT2D eigenvalue weighted by Gasteiger charge is 2.04. The van der Waals surface area contributed by atoms with Gasteiger partial charge >= 0.3 is 6.61 Å². The zero-order chi connectivity index (χ0) is 11.5. The van der Waals surface area contributed by atoms with Crippen LogP contribution >= 0.6 is 0 Å². The van der Waals surface area contributed by atoms with Crippen molar-refractivity contribution in [2.75, 3.05) is 0 Å². The lowest BCUT2D eigenvalue weighted by molar-refractivity contribution is -0.0497. The first-order chi connectivity index (χ1) is 7.69. The number of halogens is 2. The van der Waals surface area contributed by atoms with Gasteiger partial charge in [-0.2, -0.15) is 8.78 Å². The van der Waals surface area contributed by atoms with E-state index in [1.807, 2.05) is 18.2 Å². The van der Waals surface area contributed by atoms with Crippen molar-refractivity contribution in [3.8, 4) is 5.75 Å². The van der Waals surface area contributed by atoms with Crippen molar-refractivity contribution in [1.29, 1.82) is 0 Å². The molecule has 84 valence electrons. The van der Waals surface area contributed by atoms with Crippen molar-refractivity contribution >= 4 is 10.8 Å². The van der Waals surface area contributed by atoms with Crippen LogP contribution in [0.25, 0.3) is 10.8 Å². The summed E-state index contributed by atoms with van der Waals surface area (Å²) in [6.07, 6.45) is 0. The molecule has 0 amide bonds. The molecule has 0 radical (unpaired) electrons. The molecule has 16 heavy (non-hydrogen) atoms. The minimum Gasteiger partial charge on any atom is -0.435 e. The Bertz CT molecular complexity index is 499. The molecule has 0 heterocycles. The maximum atomic E-state index is 12.0. The summed E-state index contributed by atoms with van der Waals surface area (Å²) in [5.41, 5.74) is 6.52. The van der Waals surface area contributed by atoms with E-state index in [1.165, 1.54) is 6.07 Å². The quantitative estimate of drug-likeness (QED) is 0.868. The third-order valence-corrected chi connectivity index (χ3v) is 2.34. The van der Waals surface area contributed by atoms with Crippen LogP contribution < -0.4 is 10.5 Å². The lowest BCUT2D eigenvalue weighted by Crippen LogP contribution is -2.01. The van der Waals surface area contributed by atoms with Crippen molar-refractivity contribution < 1.29 is 13.5 Å². The van der Waals surface area contributed by atoms with Gasteiger partial charge in [0, 0.05) is 6.54 Å². The van der Waals surface area contributed by atoms with E-state index in [2.05, 4.69) is 4.74 Å². The first-order valence-electron chi connectivity index (χ1n) is 4.86. The molecule has 0 aliphatic heterocycles. The van der Waals surface area contributed by atoms with Crippen molar-refractivity contribution in [2.24, 2.45) is 5.73 Å². The molecule has 2 N–H and O–H groups in total. The van der Waals surface area contributed by atoms with E-state index in [4.69, 9.17) is 5.73 Å². The second kappa shape index (κ2) is 4.45. The van der Waals surface area contributed by atoms with Crippen molar-refractivity contribution in [2.45, 2.75) is 13.2 Å². The second-order valence-electron chi connectivity index (χ2n) is 3.43. The molecule has 0 aliphatic rings. The molecule has 0 unspecified atom stereocenters. The molecule has 0 saturated heterocycles. The van der Waals surface area contributed by atoms with Gasteiger partial charge in [0.2, 0.25) is 0 Å². The van der Waals surface area contributed by atoms with Crippen LogP contribution in [0.4, 0.5) is 8.78 Å². The molecule has 0 saturated carbocycles. The van der Waals surface area contributed by atoms with E-state index in [0.717, 1.165) is 16.3 Å². The van der Waals surface area contributed by atoms with Crippen LogP contribution in [0.5, 0.6) is 5.75 Å². The Morgan fingerprint density at radius 2 is 1.75 bits per heavy atom. The van der Waals surface area contributed by atoms with Gasteiger partial charge in [0.25, 0.3) is 0 Å². The molecule has 0 spiro atoms. The monoisotopic (exact) mass is 223 g/mol. The summed E-state index contributed by atoms with van der Waals surface area (Å²) < 4.78 is 28.3. The first kappa shape index (κ1) is 10.8. The molecular formula is C12H11F2NO. The van der Waals surface area contributed by atoms with Gasteiger partial charge in [-0.05, 0) is 34.5 Å². The van der Waals surface area contributed by atoms with E-state index in [1.54, 1.807) is 12.1 Å². The zero-order valence-electron chi connectivity index (χ0n) is 8.49. The largest absolute Gasteiger partial charge is 0.435 e. The Labute approximate surface area is 91.6 Å². The minimum atomic E-state index is -2.79. The smallest absolute Gasteiger partial charge is 0.387 e. The van der Waals surface area contributed by atoms with Crippen LogP contribution in [-0.4, -0.2) is 6.61 Å². The summed E-state index contributed by atoms with van der Waals surface area (Å²) in [6.45, 7) is -2.33. The summed E-state index contributed by atoms with van der Waals surface area (Å²) >= 11 is 0. The number of ether oxygens (including phenoxy) is 1. The molecule has 2 nitrogen and oxygen atoms in total. The number of alkyl halides is 2. The van der Waals surface area contributed by atoms with E-state index >= 15 is 0 Å². The molecule has 2 aromatic carbocycles. The van der Waals surface area contributed by atoms with Gasteiger partial charge in [-0.15, -0.1) is 0 Å². The van der Waals surface area contributed by atoms with Gasteiger partial charge in [0.1, 0.15) is 5.75 Å². The normalized spacial score (nSPS) is 11.0. The van der Waals surface area contributed by atoms with Gasteiger partial charge in [-0.3, -0.25) is 0 Å². The van der Waals surface area contributed by atoms with Crippen molar-refractivity contribution in [3.05, 3.63) is 42.0 Å². The number of rotatable bonds is 3. The molecular weight excluding hydrogens is 212 g/mol. The van der Waals surface area contributed by atoms with Crippen LogP contribution in [0.1, 0.15) is 5.56 Å². The van der Waals surface area contributed by atoms with Crippen LogP contribution in [0.2, 0.25) is 0 Å². The van der Waals surface area contributed by atoms with Gasteiger partial charge in [-0.25, -0.2) is 0 Å². The van der Waals surface area contributed by atoms with Gasteiger partial charge in [-0.1, -0.05) is 18.2 Å².